The van der Waals surface area contributed by atoms with Gasteiger partial charge in [0.05, 0.1) is 11.7 Å². The fourth-order valence-corrected chi connectivity index (χ4v) is 5.62. The van der Waals surface area contributed by atoms with Crippen molar-refractivity contribution in [3.8, 4) is 0 Å². The molecule has 9 nitrogen and oxygen atoms in total. The monoisotopic (exact) mass is 320 g/mol. The van der Waals surface area contributed by atoms with Crippen molar-refractivity contribution in [3.05, 3.63) is 11.3 Å². The van der Waals surface area contributed by atoms with E-state index in [2.05, 4.69) is 0 Å². The van der Waals surface area contributed by atoms with Gasteiger partial charge in [-0.15, -0.1) is 0 Å². The highest BCUT2D eigenvalue weighted by atomic mass is 16.6. The molecule has 0 aromatic heterocycles. The van der Waals surface area contributed by atoms with E-state index < -0.39 is 29.5 Å². The molecule has 1 amide bonds. The standard InChI is InChI=1S/C14H16N4O5/c1-4-7(15)8(19)6-11(23-12(16)21)14(22-2)9-5-3-17(14)13(6,10(4)20)18(5)9/h5-6,9,11H,3,15H2,1-2H3,(H2,16,21)/t5-,6-,9-,11-,13-,14+,18?/m1/s1. The molecule has 5 aliphatic heterocycles. The smallest absolute Gasteiger partial charge is 0.404 e. The largest absolute Gasteiger partial charge is 0.441 e. The van der Waals surface area contributed by atoms with Gasteiger partial charge >= 0.3 is 6.09 Å². The number of nitrogens with two attached hydrogens (primary N) is 2. The highest BCUT2D eigenvalue weighted by Crippen LogP contribution is 2.73. The summed E-state index contributed by atoms with van der Waals surface area (Å²) in [5.74, 6) is -1.50. The lowest BCUT2D eigenvalue weighted by molar-refractivity contribution is -0.153. The Morgan fingerprint density at radius 3 is 2.65 bits per heavy atom. The third kappa shape index (κ3) is 0.992. The number of piperidine rings is 1. The molecule has 6 aliphatic rings. The van der Waals surface area contributed by atoms with Gasteiger partial charge in [-0.05, 0) is 6.92 Å². The number of nitrogens with zero attached hydrogens (tertiary/aromatic N) is 2. The maximum Gasteiger partial charge on any atom is 0.404 e. The Bertz CT molecular complexity index is 749. The predicted octanol–water partition coefficient (Wildman–Crippen LogP) is -2.11. The summed E-state index contributed by atoms with van der Waals surface area (Å²) < 4.78 is 11.0. The Kier molecular flexibility index (Phi) is 2.00. The van der Waals surface area contributed by atoms with Crippen molar-refractivity contribution in [2.75, 3.05) is 13.7 Å². The zero-order valence-corrected chi connectivity index (χ0v) is 12.6. The van der Waals surface area contributed by atoms with Gasteiger partial charge in [0, 0.05) is 25.3 Å². The minimum absolute atomic E-state index is 0.0701. The van der Waals surface area contributed by atoms with Crippen LogP contribution in [0.4, 0.5) is 4.79 Å². The molecule has 0 aromatic carbocycles. The van der Waals surface area contributed by atoms with Gasteiger partial charge in [0.2, 0.25) is 0 Å². The number of Topliss-reactive ketones (excluding diaryl/α,β-unsaturated/α-hetero) is 2. The van der Waals surface area contributed by atoms with Crippen molar-refractivity contribution >= 4 is 17.7 Å². The summed E-state index contributed by atoms with van der Waals surface area (Å²) in [7, 11) is 1.50. The zero-order valence-electron chi connectivity index (χ0n) is 12.6. The van der Waals surface area contributed by atoms with Crippen LogP contribution in [-0.4, -0.2) is 70.7 Å². The first kappa shape index (κ1) is 13.5. The Hall–Kier alpha value is -1.97. The van der Waals surface area contributed by atoms with Crippen LogP contribution < -0.4 is 11.5 Å². The molecule has 6 rings (SSSR count). The summed E-state index contributed by atoms with van der Waals surface area (Å²) in [6.07, 6.45) is -1.94. The minimum Gasteiger partial charge on any atom is -0.441 e. The molecule has 122 valence electrons. The maximum atomic E-state index is 13.1. The summed E-state index contributed by atoms with van der Waals surface area (Å²) in [5.41, 5.74) is 9.09. The SMILES string of the molecule is CO[C@@]12[C@H](OC(N)=O)[C@H]3C(=O)C(N)=C(C)C(=O)[C@]34N3[C@H](CN14)[C@@H]32. The first-order valence-corrected chi connectivity index (χ1v) is 7.47. The lowest BCUT2D eigenvalue weighted by Crippen LogP contribution is -2.63. The van der Waals surface area contributed by atoms with Crippen molar-refractivity contribution in [1.29, 1.82) is 0 Å². The molecule has 5 heterocycles. The second-order valence-corrected chi connectivity index (χ2v) is 6.78. The van der Waals surface area contributed by atoms with E-state index in [0.717, 1.165) is 0 Å². The third-order valence-corrected chi connectivity index (χ3v) is 6.29. The highest BCUT2D eigenvalue weighted by molar-refractivity contribution is 6.18. The number of hydrogen-bond acceptors (Lipinski definition) is 8. The minimum atomic E-state index is -1.14. The maximum absolute atomic E-state index is 13.1. The van der Waals surface area contributed by atoms with Gasteiger partial charge in [-0.2, -0.15) is 0 Å². The number of ether oxygens (including phenoxy) is 2. The molecule has 4 N–H and O–H groups in total. The molecular weight excluding hydrogens is 304 g/mol. The number of rotatable bonds is 2. The summed E-state index contributed by atoms with van der Waals surface area (Å²) in [6, 6.07) is 0.0553. The molecule has 8 atom stereocenters. The molecule has 1 aliphatic carbocycles. The van der Waals surface area contributed by atoms with Crippen molar-refractivity contribution in [3.63, 3.8) is 0 Å². The van der Waals surface area contributed by atoms with E-state index in [1.54, 1.807) is 6.92 Å². The molecule has 0 saturated carbocycles. The van der Waals surface area contributed by atoms with Gasteiger partial charge in [0.25, 0.3) is 0 Å². The molecule has 0 radical (unpaired) electrons. The van der Waals surface area contributed by atoms with Crippen LogP contribution >= 0.6 is 0 Å². The quantitative estimate of drug-likeness (QED) is 0.553. The van der Waals surface area contributed by atoms with Crippen LogP contribution in [0.2, 0.25) is 0 Å². The van der Waals surface area contributed by atoms with Crippen LogP contribution in [0.1, 0.15) is 6.92 Å². The molecule has 2 unspecified atom stereocenters. The van der Waals surface area contributed by atoms with Gasteiger partial charge in [-0.1, -0.05) is 0 Å². The van der Waals surface area contributed by atoms with Crippen molar-refractivity contribution in [1.82, 2.24) is 9.80 Å². The highest BCUT2D eigenvalue weighted by Gasteiger charge is 2.97. The molecule has 23 heavy (non-hydrogen) atoms. The summed E-state index contributed by atoms with van der Waals surface area (Å²) in [4.78, 5) is 41.3. The van der Waals surface area contributed by atoms with Gasteiger partial charge in [0.15, 0.2) is 29.1 Å². The van der Waals surface area contributed by atoms with E-state index in [0.29, 0.717) is 6.54 Å². The van der Waals surface area contributed by atoms with Gasteiger partial charge in [-0.3, -0.25) is 14.5 Å². The van der Waals surface area contributed by atoms with E-state index in [-0.39, 0.29) is 34.9 Å². The topological polar surface area (TPSA) is 128 Å². The second kappa shape index (κ2) is 3.42. The van der Waals surface area contributed by atoms with Crippen LogP contribution in [0.3, 0.4) is 0 Å². The number of primary amides is 1. The van der Waals surface area contributed by atoms with Gasteiger partial charge < -0.3 is 20.9 Å². The normalized spacial score (nSPS) is 54.5. The molecule has 0 aromatic rings. The predicted molar refractivity (Wildman–Crippen MR) is 73.4 cm³/mol. The average Bonchev–Trinajstić information content (AvgIpc) is 2.81. The molecule has 6 bridgehead atoms. The first-order valence-electron chi connectivity index (χ1n) is 7.47. The third-order valence-electron chi connectivity index (χ3n) is 6.29. The molecule has 9 heteroatoms. The van der Waals surface area contributed by atoms with E-state index >= 15 is 0 Å². The molecule has 1 spiro atoms. The van der Waals surface area contributed by atoms with Crippen LogP contribution in [0.15, 0.2) is 11.3 Å². The molecular formula is C14H16N4O5. The number of methoxy groups -OCH3 is 1. The van der Waals surface area contributed by atoms with E-state index in [1.807, 2.05) is 9.80 Å². The number of amides is 1. The zero-order chi connectivity index (χ0) is 16.5. The van der Waals surface area contributed by atoms with Gasteiger partial charge in [0.1, 0.15) is 5.92 Å². The van der Waals surface area contributed by atoms with E-state index in [9.17, 15) is 14.4 Å². The second-order valence-electron chi connectivity index (χ2n) is 6.78. The van der Waals surface area contributed by atoms with Gasteiger partial charge in [-0.25, -0.2) is 9.69 Å². The Morgan fingerprint density at radius 2 is 2.09 bits per heavy atom. The number of allylic oxidation sites excluding steroid dienone is 1. The summed E-state index contributed by atoms with van der Waals surface area (Å²) in [5, 5.41) is 0. The van der Waals surface area contributed by atoms with E-state index in [4.69, 9.17) is 20.9 Å². The van der Waals surface area contributed by atoms with Crippen LogP contribution in [0, 0.1) is 5.92 Å². The van der Waals surface area contributed by atoms with Crippen molar-refractivity contribution in [2.45, 2.75) is 36.5 Å². The Morgan fingerprint density at radius 1 is 1.39 bits per heavy atom. The Balaban J connectivity index is 1.78. The van der Waals surface area contributed by atoms with E-state index in [1.165, 1.54) is 7.11 Å². The van der Waals surface area contributed by atoms with Crippen molar-refractivity contribution < 1.29 is 23.9 Å². The van der Waals surface area contributed by atoms with Crippen LogP contribution in [-0.2, 0) is 19.1 Å². The molecule has 5 saturated heterocycles. The molecule has 5 fully saturated rings. The fraction of sp³-hybridized carbons (Fsp3) is 0.643. The average molecular weight is 320 g/mol. The summed E-state index contributed by atoms with van der Waals surface area (Å²) in [6.45, 7) is 2.16. The number of ketones is 2. The van der Waals surface area contributed by atoms with Crippen LogP contribution in [0.5, 0.6) is 0 Å². The lowest BCUT2D eigenvalue weighted by Gasteiger charge is -2.40. The van der Waals surface area contributed by atoms with Crippen molar-refractivity contribution in [2.24, 2.45) is 17.4 Å². The number of hydrogen-bond donors (Lipinski definition) is 2. The number of carbonyl (C=O) groups excluding carboxylic acids is 3. The summed E-state index contributed by atoms with van der Waals surface area (Å²) >= 11 is 0. The lowest BCUT2D eigenvalue weighted by atomic mass is 9.73. The Labute approximate surface area is 131 Å². The van der Waals surface area contributed by atoms with Crippen LogP contribution in [0.25, 0.3) is 0 Å². The first-order chi connectivity index (χ1) is 10.8. The number of carbonyl (C=O) groups is 3. The number of piperazine rings is 1. The fourth-order valence-electron chi connectivity index (χ4n) is 5.62.